The number of aliphatic carboxylic acids is 2. The molecule has 7 nitrogen and oxygen atoms in total. The van der Waals surface area contributed by atoms with E-state index in [9.17, 15) is 0 Å². The first-order chi connectivity index (χ1) is 11.9. The Balaban J connectivity index is 0.000000450. The maximum atomic E-state index is 9.10. The Labute approximate surface area is 148 Å². The van der Waals surface area contributed by atoms with Gasteiger partial charge in [-0.25, -0.2) is 9.59 Å². The van der Waals surface area contributed by atoms with E-state index < -0.39 is 11.9 Å². The fraction of sp³-hybridized carbons (Fsp3) is 0.556. The van der Waals surface area contributed by atoms with Crippen molar-refractivity contribution in [1.82, 2.24) is 4.90 Å². The molecule has 1 saturated heterocycles. The standard InChI is InChI=1S/C16H25NO2.C2H2O4/c1-14(2)15-4-6-16(7-5-15)19-11-3-8-17-9-12-18-13-10-17;3-1(4)2(5)6/h4-7,14H,3,8-13H2,1-2H3;(H,3,4)(H,5,6). The van der Waals surface area contributed by atoms with Gasteiger partial charge < -0.3 is 19.7 Å². The summed E-state index contributed by atoms with van der Waals surface area (Å²) in [5.41, 5.74) is 1.36. The molecule has 0 spiro atoms. The monoisotopic (exact) mass is 353 g/mol. The number of carboxylic acid groups (broad SMARTS) is 2. The van der Waals surface area contributed by atoms with Crippen molar-refractivity contribution in [2.45, 2.75) is 26.2 Å². The van der Waals surface area contributed by atoms with E-state index >= 15 is 0 Å². The fourth-order valence-corrected chi connectivity index (χ4v) is 2.25. The predicted octanol–water partition coefficient (Wildman–Crippen LogP) is 2.07. The molecule has 1 aliphatic heterocycles. The van der Waals surface area contributed by atoms with Crippen LogP contribution in [0.5, 0.6) is 5.75 Å². The molecule has 1 aromatic carbocycles. The van der Waals surface area contributed by atoms with Crippen molar-refractivity contribution in [2.75, 3.05) is 39.5 Å². The topological polar surface area (TPSA) is 96.3 Å². The zero-order chi connectivity index (χ0) is 18.7. The van der Waals surface area contributed by atoms with Crippen LogP contribution >= 0.6 is 0 Å². The number of hydrogen-bond donors (Lipinski definition) is 2. The highest BCUT2D eigenvalue weighted by atomic mass is 16.5. The van der Waals surface area contributed by atoms with Crippen LogP contribution in [0.3, 0.4) is 0 Å². The van der Waals surface area contributed by atoms with E-state index in [0.717, 1.165) is 51.6 Å². The SMILES string of the molecule is CC(C)c1ccc(OCCCN2CCOCC2)cc1.O=C(O)C(=O)O. The average Bonchev–Trinajstić information content (AvgIpc) is 2.60. The van der Waals surface area contributed by atoms with Crippen molar-refractivity contribution in [3.63, 3.8) is 0 Å². The quantitative estimate of drug-likeness (QED) is 0.597. The summed E-state index contributed by atoms with van der Waals surface area (Å²) in [6.45, 7) is 10.2. The summed E-state index contributed by atoms with van der Waals surface area (Å²) in [4.78, 5) is 20.6. The smallest absolute Gasteiger partial charge is 0.414 e. The first-order valence-corrected chi connectivity index (χ1v) is 8.39. The fourth-order valence-electron chi connectivity index (χ4n) is 2.25. The summed E-state index contributed by atoms with van der Waals surface area (Å²) in [5, 5.41) is 14.8. The first-order valence-electron chi connectivity index (χ1n) is 8.39. The van der Waals surface area contributed by atoms with Gasteiger partial charge in [-0.3, -0.25) is 4.90 Å². The van der Waals surface area contributed by atoms with Crippen LogP contribution in [-0.2, 0) is 14.3 Å². The molecule has 0 bridgehead atoms. The van der Waals surface area contributed by atoms with Crippen molar-refractivity contribution < 1.29 is 29.3 Å². The molecule has 0 saturated carbocycles. The van der Waals surface area contributed by atoms with Crippen molar-refractivity contribution in [2.24, 2.45) is 0 Å². The summed E-state index contributed by atoms with van der Waals surface area (Å²) >= 11 is 0. The van der Waals surface area contributed by atoms with Gasteiger partial charge in [0.15, 0.2) is 0 Å². The van der Waals surface area contributed by atoms with Gasteiger partial charge in [-0.2, -0.15) is 0 Å². The second-order valence-electron chi connectivity index (χ2n) is 5.99. The Morgan fingerprint density at radius 3 is 2.16 bits per heavy atom. The number of nitrogens with zero attached hydrogens (tertiary/aromatic N) is 1. The number of morpholine rings is 1. The summed E-state index contributed by atoms with van der Waals surface area (Å²) in [6.07, 6.45) is 1.08. The lowest BCUT2D eigenvalue weighted by Gasteiger charge is -2.26. The lowest BCUT2D eigenvalue weighted by atomic mass is 10.0. The molecular formula is C18H27NO6. The second kappa shape index (κ2) is 11.4. The van der Waals surface area contributed by atoms with Crippen LogP contribution in [0, 0.1) is 0 Å². The van der Waals surface area contributed by atoms with Crippen LogP contribution in [-0.4, -0.2) is 66.5 Å². The second-order valence-corrected chi connectivity index (χ2v) is 5.99. The molecule has 1 aliphatic rings. The number of hydrogen-bond acceptors (Lipinski definition) is 5. The highest BCUT2D eigenvalue weighted by Gasteiger charge is 2.09. The molecule has 2 rings (SSSR count). The van der Waals surface area contributed by atoms with Gasteiger partial charge in [-0.15, -0.1) is 0 Å². The normalized spacial score (nSPS) is 14.5. The minimum atomic E-state index is -1.82. The number of rotatable bonds is 6. The largest absolute Gasteiger partial charge is 0.494 e. The Kier molecular flexibility index (Phi) is 9.57. The van der Waals surface area contributed by atoms with Crippen LogP contribution in [0.15, 0.2) is 24.3 Å². The van der Waals surface area contributed by atoms with Gasteiger partial charge in [0.1, 0.15) is 5.75 Å². The minimum Gasteiger partial charge on any atom is -0.494 e. The third-order valence-corrected chi connectivity index (χ3v) is 3.72. The maximum Gasteiger partial charge on any atom is 0.414 e. The van der Waals surface area contributed by atoms with Gasteiger partial charge in [0.2, 0.25) is 0 Å². The number of carboxylic acids is 2. The van der Waals surface area contributed by atoms with Crippen molar-refractivity contribution in [1.29, 1.82) is 0 Å². The molecule has 1 heterocycles. The average molecular weight is 353 g/mol. The van der Waals surface area contributed by atoms with E-state index in [1.807, 2.05) is 0 Å². The van der Waals surface area contributed by atoms with Gasteiger partial charge in [-0.05, 0) is 30.0 Å². The van der Waals surface area contributed by atoms with Crippen LogP contribution in [0.1, 0.15) is 31.7 Å². The van der Waals surface area contributed by atoms with Gasteiger partial charge in [0, 0.05) is 19.6 Å². The molecule has 0 radical (unpaired) electrons. The zero-order valence-electron chi connectivity index (χ0n) is 14.8. The molecule has 25 heavy (non-hydrogen) atoms. The summed E-state index contributed by atoms with van der Waals surface area (Å²) in [5.74, 6) is -2.09. The van der Waals surface area contributed by atoms with Gasteiger partial charge in [0.05, 0.1) is 19.8 Å². The predicted molar refractivity (Wildman–Crippen MR) is 93.2 cm³/mol. The molecule has 140 valence electrons. The Hall–Kier alpha value is -2.12. The lowest BCUT2D eigenvalue weighted by molar-refractivity contribution is -0.159. The number of benzene rings is 1. The highest BCUT2D eigenvalue weighted by Crippen LogP contribution is 2.18. The molecule has 7 heteroatoms. The molecule has 0 unspecified atom stereocenters. The summed E-state index contributed by atoms with van der Waals surface area (Å²) in [6, 6.07) is 8.46. The van der Waals surface area contributed by atoms with E-state index in [1.165, 1.54) is 5.56 Å². The Bertz CT molecular complexity index is 511. The van der Waals surface area contributed by atoms with Crippen LogP contribution in [0.25, 0.3) is 0 Å². The molecule has 0 aromatic heterocycles. The van der Waals surface area contributed by atoms with E-state index in [0.29, 0.717) is 5.92 Å². The maximum absolute atomic E-state index is 9.10. The van der Waals surface area contributed by atoms with E-state index in [4.69, 9.17) is 29.3 Å². The van der Waals surface area contributed by atoms with Gasteiger partial charge in [-0.1, -0.05) is 26.0 Å². The van der Waals surface area contributed by atoms with Gasteiger partial charge >= 0.3 is 11.9 Å². The highest BCUT2D eigenvalue weighted by molar-refractivity contribution is 6.27. The Morgan fingerprint density at radius 2 is 1.68 bits per heavy atom. The summed E-state index contributed by atoms with van der Waals surface area (Å²) < 4.78 is 11.1. The zero-order valence-corrected chi connectivity index (χ0v) is 14.8. The molecule has 0 aliphatic carbocycles. The Morgan fingerprint density at radius 1 is 1.12 bits per heavy atom. The van der Waals surface area contributed by atoms with Crippen LogP contribution in [0.4, 0.5) is 0 Å². The van der Waals surface area contributed by atoms with Crippen molar-refractivity contribution >= 4 is 11.9 Å². The molecule has 1 aromatic rings. The molecule has 0 atom stereocenters. The number of carbonyl (C=O) groups is 2. The third kappa shape index (κ3) is 9.07. The van der Waals surface area contributed by atoms with Crippen molar-refractivity contribution in [3.8, 4) is 5.75 Å². The molecule has 0 amide bonds. The number of ether oxygens (including phenoxy) is 2. The van der Waals surface area contributed by atoms with E-state index in [1.54, 1.807) is 0 Å². The third-order valence-electron chi connectivity index (χ3n) is 3.72. The van der Waals surface area contributed by atoms with Crippen molar-refractivity contribution in [3.05, 3.63) is 29.8 Å². The van der Waals surface area contributed by atoms with Crippen LogP contribution in [0.2, 0.25) is 0 Å². The summed E-state index contributed by atoms with van der Waals surface area (Å²) in [7, 11) is 0. The first kappa shape index (κ1) is 20.9. The minimum absolute atomic E-state index is 0.579. The van der Waals surface area contributed by atoms with Gasteiger partial charge in [0.25, 0.3) is 0 Å². The van der Waals surface area contributed by atoms with E-state index in [-0.39, 0.29) is 0 Å². The lowest BCUT2D eigenvalue weighted by Crippen LogP contribution is -2.37. The molecule has 2 N–H and O–H groups in total. The molecule has 1 fully saturated rings. The van der Waals surface area contributed by atoms with E-state index in [2.05, 4.69) is 43.0 Å². The van der Waals surface area contributed by atoms with Crippen LogP contribution < -0.4 is 4.74 Å². The molecular weight excluding hydrogens is 326 g/mol.